The number of carboxylic acid groups (broad SMARTS) is 1. The molecule has 0 saturated heterocycles. The summed E-state index contributed by atoms with van der Waals surface area (Å²) in [6.07, 6.45) is 2.26. The van der Waals surface area contributed by atoms with Gasteiger partial charge in [0.25, 0.3) is 0 Å². The molecule has 0 fully saturated rings. The Morgan fingerprint density at radius 3 is 2.94 bits per heavy atom. The molecule has 2 aromatic heterocycles. The van der Waals surface area contributed by atoms with Gasteiger partial charge in [-0.05, 0) is 18.2 Å². The zero-order valence-electron chi connectivity index (χ0n) is 9.50. The molecule has 0 saturated carbocycles. The third kappa shape index (κ3) is 2.69. The maximum atomic E-state index is 10.5. The lowest BCUT2D eigenvalue weighted by Gasteiger charge is -1.98. The molecule has 0 aromatic carbocycles. The van der Waals surface area contributed by atoms with Crippen LogP contribution in [-0.4, -0.2) is 25.8 Å². The van der Waals surface area contributed by atoms with Gasteiger partial charge in [-0.1, -0.05) is 6.07 Å². The summed E-state index contributed by atoms with van der Waals surface area (Å²) in [7, 11) is 1.83. The van der Waals surface area contributed by atoms with Crippen molar-refractivity contribution in [2.45, 2.75) is 12.8 Å². The maximum Gasteiger partial charge on any atom is 0.303 e. The molecule has 5 heteroatoms. The minimum absolute atomic E-state index is 0.0959. The van der Waals surface area contributed by atoms with E-state index in [-0.39, 0.29) is 6.42 Å². The van der Waals surface area contributed by atoms with Gasteiger partial charge in [0.05, 0.1) is 23.5 Å². The van der Waals surface area contributed by atoms with Gasteiger partial charge in [0, 0.05) is 19.7 Å². The van der Waals surface area contributed by atoms with Crippen molar-refractivity contribution in [3.05, 3.63) is 36.2 Å². The van der Waals surface area contributed by atoms with E-state index in [9.17, 15) is 4.79 Å². The Labute approximate surface area is 98.7 Å². The van der Waals surface area contributed by atoms with E-state index >= 15 is 0 Å². The third-order valence-corrected chi connectivity index (χ3v) is 2.45. The number of aryl methyl sites for hydroxylation is 2. The Morgan fingerprint density at radius 2 is 2.29 bits per heavy atom. The molecule has 0 radical (unpaired) electrons. The molecule has 0 aliphatic heterocycles. The van der Waals surface area contributed by atoms with E-state index < -0.39 is 5.97 Å². The van der Waals surface area contributed by atoms with E-state index in [1.54, 1.807) is 10.9 Å². The van der Waals surface area contributed by atoms with Crippen LogP contribution in [0.4, 0.5) is 0 Å². The average Bonchev–Trinajstić information content (AvgIpc) is 2.69. The van der Waals surface area contributed by atoms with Crippen molar-refractivity contribution in [2.24, 2.45) is 7.05 Å². The van der Waals surface area contributed by atoms with Gasteiger partial charge < -0.3 is 5.11 Å². The van der Waals surface area contributed by atoms with Crippen LogP contribution in [0.25, 0.3) is 11.4 Å². The number of aromatic nitrogens is 3. The van der Waals surface area contributed by atoms with E-state index in [2.05, 4.69) is 10.1 Å². The summed E-state index contributed by atoms with van der Waals surface area (Å²) < 4.78 is 1.72. The van der Waals surface area contributed by atoms with E-state index in [1.165, 1.54) is 0 Å². The van der Waals surface area contributed by atoms with Crippen molar-refractivity contribution < 1.29 is 9.90 Å². The number of rotatable bonds is 4. The summed E-state index contributed by atoms with van der Waals surface area (Å²) in [4.78, 5) is 14.7. The first-order chi connectivity index (χ1) is 8.16. The Bertz CT molecular complexity index is 520. The van der Waals surface area contributed by atoms with Crippen molar-refractivity contribution in [2.75, 3.05) is 0 Å². The van der Waals surface area contributed by atoms with Crippen molar-refractivity contribution >= 4 is 5.97 Å². The quantitative estimate of drug-likeness (QED) is 0.865. The molecule has 17 heavy (non-hydrogen) atoms. The number of nitrogens with zero attached hydrogens (tertiary/aromatic N) is 3. The fraction of sp³-hybridized carbons (Fsp3) is 0.250. The molecule has 0 spiro atoms. The minimum atomic E-state index is -0.810. The predicted octanol–water partition coefficient (Wildman–Crippen LogP) is 1.50. The molecule has 0 amide bonds. The predicted molar refractivity (Wildman–Crippen MR) is 62.4 cm³/mol. The molecule has 2 rings (SSSR count). The average molecular weight is 231 g/mol. The summed E-state index contributed by atoms with van der Waals surface area (Å²) >= 11 is 0. The summed E-state index contributed by atoms with van der Waals surface area (Å²) in [5.74, 6) is -0.810. The molecule has 2 aromatic rings. The van der Waals surface area contributed by atoms with Crippen LogP contribution in [-0.2, 0) is 18.3 Å². The van der Waals surface area contributed by atoms with Gasteiger partial charge in [-0.2, -0.15) is 5.10 Å². The Kier molecular flexibility index (Phi) is 3.18. The topological polar surface area (TPSA) is 68.0 Å². The molecule has 0 atom stereocenters. The van der Waals surface area contributed by atoms with Gasteiger partial charge in [0.15, 0.2) is 0 Å². The lowest BCUT2D eigenvalue weighted by molar-refractivity contribution is -0.136. The fourth-order valence-corrected chi connectivity index (χ4v) is 1.64. The SMILES string of the molecule is Cn1nc(CCC(=O)O)cc1-c1ccccn1. The monoisotopic (exact) mass is 231 g/mol. The molecule has 5 nitrogen and oxygen atoms in total. The zero-order valence-corrected chi connectivity index (χ0v) is 9.50. The second-order valence-corrected chi connectivity index (χ2v) is 3.75. The van der Waals surface area contributed by atoms with Crippen LogP contribution in [0.5, 0.6) is 0 Å². The summed E-state index contributed by atoms with van der Waals surface area (Å²) in [5.41, 5.74) is 2.51. The van der Waals surface area contributed by atoms with Crippen LogP contribution in [0, 0.1) is 0 Å². The van der Waals surface area contributed by atoms with E-state index in [4.69, 9.17) is 5.11 Å². The molecule has 0 unspecified atom stereocenters. The van der Waals surface area contributed by atoms with Gasteiger partial charge >= 0.3 is 5.97 Å². The van der Waals surface area contributed by atoms with Crippen LogP contribution < -0.4 is 0 Å². The number of carbonyl (C=O) groups is 1. The van der Waals surface area contributed by atoms with Crippen LogP contribution in [0.2, 0.25) is 0 Å². The number of hydrogen-bond donors (Lipinski definition) is 1. The number of carboxylic acids is 1. The number of hydrogen-bond acceptors (Lipinski definition) is 3. The third-order valence-electron chi connectivity index (χ3n) is 2.45. The number of pyridine rings is 1. The molecule has 2 heterocycles. The molecular formula is C12H13N3O2. The Balaban J connectivity index is 2.22. The van der Waals surface area contributed by atoms with E-state index in [0.717, 1.165) is 17.1 Å². The molecule has 1 N–H and O–H groups in total. The smallest absolute Gasteiger partial charge is 0.303 e. The van der Waals surface area contributed by atoms with Crippen LogP contribution >= 0.6 is 0 Å². The zero-order chi connectivity index (χ0) is 12.3. The number of aliphatic carboxylic acids is 1. The highest BCUT2D eigenvalue weighted by Gasteiger charge is 2.09. The first kappa shape index (κ1) is 11.3. The van der Waals surface area contributed by atoms with Crippen molar-refractivity contribution in [3.8, 4) is 11.4 Å². The Hall–Kier alpha value is -2.17. The normalized spacial score (nSPS) is 10.4. The highest BCUT2D eigenvalue weighted by atomic mass is 16.4. The summed E-state index contributed by atoms with van der Waals surface area (Å²) in [5, 5.41) is 12.9. The van der Waals surface area contributed by atoms with E-state index in [1.807, 2.05) is 31.3 Å². The minimum Gasteiger partial charge on any atom is -0.481 e. The maximum absolute atomic E-state index is 10.5. The lowest BCUT2D eigenvalue weighted by Crippen LogP contribution is -1.99. The van der Waals surface area contributed by atoms with E-state index in [0.29, 0.717) is 6.42 Å². The molecule has 88 valence electrons. The Morgan fingerprint density at radius 1 is 1.47 bits per heavy atom. The van der Waals surface area contributed by atoms with Crippen molar-refractivity contribution in [3.63, 3.8) is 0 Å². The first-order valence-electron chi connectivity index (χ1n) is 5.33. The highest BCUT2D eigenvalue weighted by Crippen LogP contribution is 2.17. The van der Waals surface area contributed by atoms with Crippen LogP contribution in [0.15, 0.2) is 30.5 Å². The standard InChI is InChI=1S/C12H13N3O2/c1-15-11(10-4-2-3-7-13-10)8-9(14-15)5-6-12(16)17/h2-4,7-8H,5-6H2,1H3,(H,16,17). The lowest BCUT2D eigenvalue weighted by atomic mass is 10.2. The van der Waals surface area contributed by atoms with Gasteiger partial charge in [-0.15, -0.1) is 0 Å². The summed E-state index contributed by atoms with van der Waals surface area (Å²) in [6.45, 7) is 0. The van der Waals surface area contributed by atoms with Gasteiger partial charge in [-0.3, -0.25) is 14.5 Å². The second-order valence-electron chi connectivity index (χ2n) is 3.75. The van der Waals surface area contributed by atoms with Crippen molar-refractivity contribution in [1.82, 2.24) is 14.8 Å². The fourth-order valence-electron chi connectivity index (χ4n) is 1.64. The van der Waals surface area contributed by atoms with Gasteiger partial charge in [-0.25, -0.2) is 0 Å². The molecule has 0 bridgehead atoms. The molecular weight excluding hydrogens is 218 g/mol. The molecule has 0 aliphatic rings. The van der Waals surface area contributed by atoms with Crippen molar-refractivity contribution in [1.29, 1.82) is 0 Å². The van der Waals surface area contributed by atoms with Gasteiger partial charge in [0.2, 0.25) is 0 Å². The second kappa shape index (κ2) is 4.78. The first-order valence-corrected chi connectivity index (χ1v) is 5.33. The summed E-state index contributed by atoms with van der Waals surface area (Å²) in [6, 6.07) is 7.54. The highest BCUT2D eigenvalue weighted by molar-refractivity contribution is 5.67. The molecule has 0 aliphatic carbocycles. The van der Waals surface area contributed by atoms with Crippen LogP contribution in [0.3, 0.4) is 0 Å². The van der Waals surface area contributed by atoms with Gasteiger partial charge in [0.1, 0.15) is 0 Å². The van der Waals surface area contributed by atoms with Crippen LogP contribution in [0.1, 0.15) is 12.1 Å². The largest absolute Gasteiger partial charge is 0.481 e.